The highest BCUT2D eigenvalue weighted by molar-refractivity contribution is 7.92. The van der Waals surface area contributed by atoms with Crippen LogP contribution in [-0.4, -0.2) is 32.3 Å². The Labute approximate surface area is 161 Å². The second-order valence-corrected chi connectivity index (χ2v) is 9.04. The standard InChI is InChI=1S/C21H26N2O3S/c1-15-10-12-23(13-11-15)21(24)18-7-5-8-19(14-18)27(25,26)22-20-9-4-6-16(2)17(20)3/h4-9,14-15,22H,10-13H2,1-3H3. The van der Waals surface area contributed by atoms with Crippen LogP contribution in [0.3, 0.4) is 0 Å². The Morgan fingerprint density at radius 2 is 1.74 bits per heavy atom. The smallest absolute Gasteiger partial charge is 0.261 e. The minimum absolute atomic E-state index is 0.0969. The maximum absolute atomic E-state index is 12.8. The quantitative estimate of drug-likeness (QED) is 0.864. The molecule has 0 aliphatic carbocycles. The monoisotopic (exact) mass is 386 g/mol. The zero-order chi connectivity index (χ0) is 19.6. The lowest BCUT2D eigenvalue weighted by Crippen LogP contribution is -2.37. The van der Waals surface area contributed by atoms with Crippen molar-refractivity contribution in [3.8, 4) is 0 Å². The summed E-state index contributed by atoms with van der Waals surface area (Å²) in [4.78, 5) is 14.7. The van der Waals surface area contributed by atoms with Gasteiger partial charge in [-0.25, -0.2) is 8.42 Å². The number of hydrogen-bond donors (Lipinski definition) is 1. The Morgan fingerprint density at radius 1 is 1.07 bits per heavy atom. The molecular formula is C21H26N2O3S. The van der Waals surface area contributed by atoms with Gasteiger partial charge in [-0.1, -0.05) is 25.1 Å². The summed E-state index contributed by atoms with van der Waals surface area (Å²) in [6, 6.07) is 11.8. The largest absolute Gasteiger partial charge is 0.339 e. The molecule has 0 atom stereocenters. The lowest BCUT2D eigenvalue weighted by Gasteiger charge is -2.30. The van der Waals surface area contributed by atoms with E-state index in [2.05, 4.69) is 11.6 Å². The van der Waals surface area contributed by atoms with Crippen LogP contribution in [0.1, 0.15) is 41.3 Å². The average molecular weight is 387 g/mol. The number of sulfonamides is 1. The van der Waals surface area contributed by atoms with E-state index >= 15 is 0 Å². The van der Waals surface area contributed by atoms with Crippen molar-refractivity contribution < 1.29 is 13.2 Å². The van der Waals surface area contributed by atoms with E-state index in [-0.39, 0.29) is 10.8 Å². The summed E-state index contributed by atoms with van der Waals surface area (Å²) in [5.41, 5.74) is 2.86. The van der Waals surface area contributed by atoms with E-state index in [1.54, 1.807) is 18.2 Å². The van der Waals surface area contributed by atoms with Crippen molar-refractivity contribution in [2.45, 2.75) is 38.5 Å². The first-order chi connectivity index (χ1) is 12.8. The van der Waals surface area contributed by atoms with Crippen molar-refractivity contribution in [3.05, 3.63) is 59.2 Å². The van der Waals surface area contributed by atoms with E-state index < -0.39 is 10.0 Å². The molecule has 1 aliphatic heterocycles. The van der Waals surface area contributed by atoms with Crippen LogP contribution in [0.25, 0.3) is 0 Å². The van der Waals surface area contributed by atoms with E-state index in [1.165, 1.54) is 12.1 Å². The van der Waals surface area contributed by atoms with Crippen LogP contribution >= 0.6 is 0 Å². The molecule has 0 bridgehead atoms. The zero-order valence-electron chi connectivity index (χ0n) is 16.0. The van der Waals surface area contributed by atoms with Gasteiger partial charge in [0.25, 0.3) is 15.9 Å². The molecule has 1 amide bonds. The first-order valence-electron chi connectivity index (χ1n) is 9.26. The number of carbonyl (C=O) groups excluding carboxylic acids is 1. The van der Waals surface area contributed by atoms with E-state index in [0.717, 1.165) is 37.1 Å². The third kappa shape index (κ3) is 4.33. The van der Waals surface area contributed by atoms with Gasteiger partial charge in [-0.05, 0) is 68.0 Å². The number of anilines is 1. The van der Waals surface area contributed by atoms with Gasteiger partial charge in [0.2, 0.25) is 0 Å². The van der Waals surface area contributed by atoms with Gasteiger partial charge in [0.1, 0.15) is 0 Å². The number of piperidine rings is 1. The number of hydrogen-bond acceptors (Lipinski definition) is 3. The Balaban J connectivity index is 1.83. The summed E-state index contributed by atoms with van der Waals surface area (Å²) >= 11 is 0. The molecule has 27 heavy (non-hydrogen) atoms. The lowest BCUT2D eigenvalue weighted by molar-refractivity contribution is 0.0697. The first-order valence-corrected chi connectivity index (χ1v) is 10.7. The van der Waals surface area contributed by atoms with Gasteiger partial charge in [-0.15, -0.1) is 0 Å². The number of likely N-dealkylation sites (tertiary alicyclic amines) is 1. The summed E-state index contributed by atoms with van der Waals surface area (Å²) < 4.78 is 28.3. The highest BCUT2D eigenvalue weighted by Crippen LogP contribution is 2.23. The molecule has 144 valence electrons. The number of amides is 1. The van der Waals surface area contributed by atoms with Crippen LogP contribution in [0.5, 0.6) is 0 Å². The van der Waals surface area contributed by atoms with Crippen LogP contribution in [0.4, 0.5) is 5.69 Å². The number of benzene rings is 2. The fourth-order valence-electron chi connectivity index (χ4n) is 3.26. The third-order valence-corrected chi connectivity index (χ3v) is 6.67. The molecule has 0 unspecified atom stereocenters. The van der Waals surface area contributed by atoms with Gasteiger partial charge < -0.3 is 4.90 Å². The minimum atomic E-state index is -3.77. The van der Waals surface area contributed by atoms with Gasteiger partial charge in [0, 0.05) is 18.7 Å². The Morgan fingerprint density at radius 3 is 2.44 bits per heavy atom. The number of aryl methyl sites for hydroxylation is 1. The summed E-state index contributed by atoms with van der Waals surface area (Å²) in [5, 5.41) is 0. The SMILES string of the molecule is Cc1cccc(NS(=O)(=O)c2cccc(C(=O)N3CCC(C)CC3)c2)c1C. The average Bonchev–Trinajstić information content (AvgIpc) is 2.65. The highest BCUT2D eigenvalue weighted by atomic mass is 32.2. The van der Waals surface area contributed by atoms with Crippen molar-refractivity contribution in [1.29, 1.82) is 0 Å². The molecule has 2 aromatic rings. The molecule has 5 nitrogen and oxygen atoms in total. The van der Waals surface area contributed by atoms with Gasteiger partial charge in [-0.3, -0.25) is 9.52 Å². The van der Waals surface area contributed by atoms with Crippen LogP contribution in [0.2, 0.25) is 0 Å². The molecule has 0 radical (unpaired) electrons. The van der Waals surface area contributed by atoms with Gasteiger partial charge in [0.15, 0.2) is 0 Å². The Kier molecular flexibility index (Phi) is 5.56. The maximum atomic E-state index is 12.8. The Bertz CT molecular complexity index is 946. The van der Waals surface area contributed by atoms with Crippen molar-refractivity contribution >= 4 is 21.6 Å². The summed E-state index contributed by atoms with van der Waals surface area (Å²) in [5.74, 6) is 0.521. The molecule has 1 saturated heterocycles. The van der Waals surface area contributed by atoms with E-state index in [0.29, 0.717) is 17.2 Å². The second-order valence-electron chi connectivity index (χ2n) is 7.36. The Hall–Kier alpha value is -2.34. The number of nitrogens with zero attached hydrogens (tertiary/aromatic N) is 1. The molecular weight excluding hydrogens is 360 g/mol. The highest BCUT2D eigenvalue weighted by Gasteiger charge is 2.23. The number of carbonyl (C=O) groups is 1. The van der Waals surface area contributed by atoms with Crippen molar-refractivity contribution in [2.24, 2.45) is 5.92 Å². The molecule has 0 aromatic heterocycles. The maximum Gasteiger partial charge on any atom is 0.261 e. The van der Waals surface area contributed by atoms with Crippen molar-refractivity contribution in [1.82, 2.24) is 4.90 Å². The van der Waals surface area contributed by atoms with Crippen LogP contribution in [0, 0.1) is 19.8 Å². The molecule has 3 rings (SSSR count). The molecule has 0 spiro atoms. The molecule has 6 heteroatoms. The topological polar surface area (TPSA) is 66.5 Å². The summed E-state index contributed by atoms with van der Waals surface area (Å²) in [6.45, 7) is 7.44. The zero-order valence-corrected chi connectivity index (χ0v) is 16.8. The first kappa shape index (κ1) is 19.4. The number of rotatable bonds is 4. The fraction of sp³-hybridized carbons (Fsp3) is 0.381. The van der Waals surface area contributed by atoms with E-state index in [4.69, 9.17) is 0 Å². The second kappa shape index (κ2) is 7.72. The lowest BCUT2D eigenvalue weighted by atomic mass is 9.98. The molecule has 1 N–H and O–H groups in total. The van der Waals surface area contributed by atoms with Gasteiger partial charge in [-0.2, -0.15) is 0 Å². The summed E-state index contributed by atoms with van der Waals surface area (Å²) in [7, 11) is -3.77. The van der Waals surface area contributed by atoms with Crippen LogP contribution in [0.15, 0.2) is 47.4 Å². The molecule has 1 aliphatic rings. The number of nitrogens with one attached hydrogen (secondary N) is 1. The van der Waals surface area contributed by atoms with Crippen molar-refractivity contribution in [2.75, 3.05) is 17.8 Å². The molecule has 1 heterocycles. The summed E-state index contributed by atoms with van der Waals surface area (Å²) in [6.07, 6.45) is 1.97. The minimum Gasteiger partial charge on any atom is -0.339 e. The van der Waals surface area contributed by atoms with Crippen LogP contribution < -0.4 is 4.72 Å². The van der Waals surface area contributed by atoms with Crippen molar-refractivity contribution in [3.63, 3.8) is 0 Å². The van der Waals surface area contributed by atoms with E-state index in [9.17, 15) is 13.2 Å². The molecule has 0 saturated carbocycles. The fourth-order valence-corrected chi connectivity index (χ4v) is 4.42. The predicted octanol–water partition coefficient (Wildman–Crippen LogP) is 3.98. The van der Waals surface area contributed by atoms with E-state index in [1.807, 2.05) is 30.9 Å². The third-order valence-electron chi connectivity index (χ3n) is 5.31. The molecule has 1 fully saturated rings. The van der Waals surface area contributed by atoms with Crippen LogP contribution in [-0.2, 0) is 10.0 Å². The predicted molar refractivity (Wildman–Crippen MR) is 107 cm³/mol. The van der Waals surface area contributed by atoms with Gasteiger partial charge >= 0.3 is 0 Å². The normalized spacial score (nSPS) is 15.6. The van der Waals surface area contributed by atoms with Gasteiger partial charge in [0.05, 0.1) is 10.6 Å². The molecule has 2 aromatic carbocycles.